The van der Waals surface area contributed by atoms with E-state index in [1.807, 2.05) is 24.4 Å². The van der Waals surface area contributed by atoms with Crippen molar-refractivity contribution < 1.29 is 23.0 Å². The smallest absolute Gasteiger partial charge is 0.387 e. The first-order valence-corrected chi connectivity index (χ1v) is 9.01. The molecule has 0 saturated carbocycles. The highest BCUT2D eigenvalue weighted by Gasteiger charge is 2.12. The number of benzene rings is 2. The zero-order valence-corrected chi connectivity index (χ0v) is 15.8. The van der Waals surface area contributed by atoms with Gasteiger partial charge in [-0.3, -0.25) is 9.48 Å². The predicted octanol–water partition coefficient (Wildman–Crippen LogP) is 3.51. The van der Waals surface area contributed by atoms with Crippen LogP contribution >= 0.6 is 0 Å². The van der Waals surface area contributed by atoms with Gasteiger partial charge in [-0.25, -0.2) is 0 Å². The first-order chi connectivity index (χ1) is 14.0. The van der Waals surface area contributed by atoms with Crippen molar-refractivity contribution in [1.82, 2.24) is 15.1 Å². The molecule has 0 unspecified atom stereocenters. The number of halogens is 2. The lowest BCUT2D eigenvalue weighted by Crippen LogP contribution is -2.25. The lowest BCUT2D eigenvalue weighted by molar-refractivity contribution is -0.0512. The van der Waals surface area contributed by atoms with E-state index in [9.17, 15) is 13.6 Å². The highest BCUT2D eigenvalue weighted by Crippen LogP contribution is 2.29. The Balaban J connectivity index is 1.53. The molecule has 3 rings (SSSR count). The largest absolute Gasteiger partial charge is 0.493 e. The Bertz CT molecular complexity index is 929. The highest BCUT2D eigenvalue weighted by molar-refractivity contribution is 5.94. The Morgan fingerprint density at radius 1 is 1.14 bits per heavy atom. The van der Waals surface area contributed by atoms with Gasteiger partial charge in [0.15, 0.2) is 11.5 Å². The third-order valence-electron chi connectivity index (χ3n) is 4.26. The number of hydrogen-bond donors (Lipinski definition) is 1. The maximum Gasteiger partial charge on any atom is 0.387 e. The second kappa shape index (κ2) is 9.68. The minimum atomic E-state index is -2.94. The van der Waals surface area contributed by atoms with Crippen LogP contribution in [0.15, 0.2) is 60.9 Å². The minimum Gasteiger partial charge on any atom is -0.493 e. The van der Waals surface area contributed by atoms with Gasteiger partial charge in [0.1, 0.15) is 0 Å². The third-order valence-corrected chi connectivity index (χ3v) is 4.26. The molecule has 2 aromatic carbocycles. The SMILES string of the molecule is COc1ccc(CCNC(=O)c2ccc(Cn3cccn3)cc2)cc1OC(F)F. The molecule has 1 aromatic heterocycles. The number of rotatable bonds is 9. The Hall–Kier alpha value is -3.42. The quantitative estimate of drug-likeness (QED) is 0.596. The van der Waals surface area contributed by atoms with Crippen molar-refractivity contribution in [2.24, 2.45) is 0 Å². The molecule has 3 aromatic rings. The van der Waals surface area contributed by atoms with E-state index in [2.05, 4.69) is 15.2 Å². The van der Waals surface area contributed by atoms with Crippen LogP contribution in [-0.2, 0) is 13.0 Å². The van der Waals surface area contributed by atoms with Crippen molar-refractivity contribution in [3.05, 3.63) is 77.6 Å². The number of carbonyl (C=O) groups excluding carboxylic acids is 1. The maximum atomic E-state index is 12.5. The van der Waals surface area contributed by atoms with Gasteiger partial charge in [0.25, 0.3) is 5.91 Å². The zero-order valence-electron chi connectivity index (χ0n) is 15.8. The molecule has 0 radical (unpaired) electrons. The molecule has 152 valence electrons. The molecule has 0 aliphatic rings. The Kier molecular flexibility index (Phi) is 6.78. The summed E-state index contributed by atoms with van der Waals surface area (Å²) in [5.41, 5.74) is 2.33. The molecular formula is C21H21F2N3O3. The van der Waals surface area contributed by atoms with Crippen LogP contribution in [0.5, 0.6) is 11.5 Å². The molecule has 0 aliphatic carbocycles. The molecule has 0 saturated heterocycles. The van der Waals surface area contributed by atoms with Gasteiger partial charge >= 0.3 is 6.61 Å². The fraction of sp³-hybridized carbons (Fsp3) is 0.238. The number of aromatic nitrogens is 2. The van der Waals surface area contributed by atoms with Gasteiger partial charge in [0.05, 0.1) is 13.7 Å². The van der Waals surface area contributed by atoms with Crippen molar-refractivity contribution in [3.63, 3.8) is 0 Å². The van der Waals surface area contributed by atoms with E-state index in [-0.39, 0.29) is 17.4 Å². The van der Waals surface area contributed by atoms with Crippen LogP contribution in [0.1, 0.15) is 21.5 Å². The summed E-state index contributed by atoms with van der Waals surface area (Å²) in [5.74, 6) is 0.000545. The lowest BCUT2D eigenvalue weighted by atomic mass is 10.1. The summed E-state index contributed by atoms with van der Waals surface area (Å²) in [6.45, 7) is -1.95. The van der Waals surface area contributed by atoms with E-state index >= 15 is 0 Å². The number of nitrogens with one attached hydrogen (secondary N) is 1. The summed E-state index contributed by atoms with van der Waals surface area (Å²) in [6.07, 6.45) is 4.05. The molecule has 1 heterocycles. The standard InChI is InChI=1S/C21H21F2N3O3/c1-28-18-8-5-15(13-19(18)29-21(22)23)9-11-24-20(27)17-6-3-16(4-7-17)14-26-12-2-10-25-26/h2-8,10,12-13,21H,9,11,14H2,1H3,(H,24,27). The Morgan fingerprint density at radius 2 is 1.90 bits per heavy atom. The van der Waals surface area contributed by atoms with Crippen LogP contribution in [-0.4, -0.2) is 36.0 Å². The molecule has 0 atom stereocenters. The van der Waals surface area contributed by atoms with Crippen LogP contribution < -0.4 is 14.8 Å². The topological polar surface area (TPSA) is 65.4 Å². The molecule has 0 fully saturated rings. The number of hydrogen-bond acceptors (Lipinski definition) is 4. The first kappa shape index (κ1) is 20.3. The zero-order chi connectivity index (χ0) is 20.6. The fourth-order valence-electron chi connectivity index (χ4n) is 2.83. The maximum absolute atomic E-state index is 12.5. The summed E-state index contributed by atoms with van der Waals surface area (Å²) >= 11 is 0. The van der Waals surface area contributed by atoms with Crippen LogP contribution in [0.3, 0.4) is 0 Å². The normalized spacial score (nSPS) is 10.8. The molecule has 29 heavy (non-hydrogen) atoms. The molecule has 0 spiro atoms. The minimum absolute atomic E-state index is 0.0286. The highest BCUT2D eigenvalue weighted by atomic mass is 19.3. The van der Waals surface area contributed by atoms with Gasteiger partial charge in [-0.1, -0.05) is 18.2 Å². The summed E-state index contributed by atoms with van der Waals surface area (Å²) in [4.78, 5) is 12.3. The van der Waals surface area contributed by atoms with Crippen molar-refractivity contribution in [3.8, 4) is 11.5 Å². The molecule has 0 aliphatic heterocycles. The van der Waals surface area contributed by atoms with Gasteiger partial charge in [-0.05, 0) is 47.9 Å². The van der Waals surface area contributed by atoms with Crippen LogP contribution in [0, 0.1) is 0 Å². The van der Waals surface area contributed by atoms with E-state index in [4.69, 9.17) is 4.74 Å². The molecule has 1 amide bonds. The van der Waals surface area contributed by atoms with E-state index in [1.54, 1.807) is 35.1 Å². The first-order valence-electron chi connectivity index (χ1n) is 9.01. The van der Waals surface area contributed by atoms with Crippen molar-refractivity contribution in [1.29, 1.82) is 0 Å². The van der Waals surface area contributed by atoms with Gasteiger partial charge in [-0.15, -0.1) is 0 Å². The number of carbonyl (C=O) groups is 1. The van der Waals surface area contributed by atoms with Gasteiger partial charge in [0.2, 0.25) is 0 Å². The number of ether oxygens (including phenoxy) is 2. The van der Waals surface area contributed by atoms with E-state index < -0.39 is 6.61 Å². The number of amides is 1. The fourth-order valence-corrected chi connectivity index (χ4v) is 2.83. The van der Waals surface area contributed by atoms with Crippen LogP contribution in [0.25, 0.3) is 0 Å². The average molecular weight is 401 g/mol. The van der Waals surface area contributed by atoms with Gasteiger partial charge in [-0.2, -0.15) is 13.9 Å². The summed E-state index contributed by atoms with van der Waals surface area (Å²) in [7, 11) is 1.38. The molecule has 8 heteroatoms. The van der Waals surface area contributed by atoms with Crippen LogP contribution in [0.4, 0.5) is 8.78 Å². The lowest BCUT2D eigenvalue weighted by Gasteiger charge is -2.12. The van der Waals surface area contributed by atoms with Gasteiger partial charge < -0.3 is 14.8 Å². The van der Waals surface area contributed by atoms with Crippen molar-refractivity contribution in [2.75, 3.05) is 13.7 Å². The van der Waals surface area contributed by atoms with E-state index in [1.165, 1.54) is 13.2 Å². The average Bonchev–Trinajstić information content (AvgIpc) is 3.21. The van der Waals surface area contributed by atoms with Gasteiger partial charge in [0, 0.05) is 24.5 Å². The molecule has 0 bridgehead atoms. The Labute approximate surface area is 167 Å². The summed E-state index contributed by atoms with van der Waals surface area (Å²) in [6, 6.07) is 13.9. The monoisotopic (exact) mass is 401 g/mol. The third kappa shape index (κ3) is 5.78. The second-order valence-electron chi connectivity index (χ2n) is 6.27. The van der Waals surface area contributed by atoms with Crippen molar-refractivity contribution in [2.45, 2.75) is 19.6 Å². The van der Waals surface area contributed by atoms with Crippen LogP contribution in [0.2, 0.25) is 0 Å². The molecular weight excluding hydrogens is 380 g/mol. The number of alkyl halides is 2. The number of nitrogens with zero attached hydrogens (tertiary/aromatic N) is 2. The summed E-state index contributed by atoms with van der Waals surface area (Å²) in [5, 5.41) is 6.97. The van der Waals surface area contributed by atoms with Crippen molar-refractivity contribution >= 4 is 5.91 Å². The number of methoxy groups -OCH3 is 1. The Morgan fingerprint density at radius 3 is 2.55 bits per heavy atom. The second-order valence-corrected chi connectivity index (χ2v) is 6.27. The summed E-state index contributed by atoms with van der Waals surface area (Å²) < 4.78 is 36.3. The molecule has 1 N–H and O–H groups in total. The predicted molar refractivity (Wildman–Crippen MR) is 103 cm³/mol. The van der Waals surface area contributed by atoms with E-state index in [0.717, 1.165) is 11.1 Å². The van der Waals surface area contributed by atoms with E-state index in [0.29, 0.717) is 25.1 Å². The molecule has 6 nitrogen and oxygen atoms in total.